The summed E-state index contributed by atoms with van der Waals surface area (Å²) in [4.78, 5) is 15.8. The van der Waals surface area contributed by atoms with Gasteiger partial charge in [0.05, 0.1) is 12.2 Å². The molecule has 1 saturated heterocycles. The van der Waals surface area contributed by atoms with Crippen LogP contribution in [0.4, 0.5) is 0 Å². The fraction of sp³-hybridized carbons (Fsp3) is 0.474. The number of rotatable bonds is 6. The highest BCUT2D eigenvalue weighted by Gasteiger charge is 2.18. The molecule has 0 aliphatic carbocycles. The van der Waals surface area contributed by atoms with Gasteiger partial charge in [0.1, 0.15) is 17.9 Å². The maximum atomic E-state index is 11.5. The number of aromatic carboxylic acids is 1. The molecule has 1 aliphatic heterocycles. The van der Waals surface area contributed by atoms with E-state index in [2.05, 4.69) is 4.98 Å². The summed E-state index contributed by atoms with van der Waals surface area (Å²) >= 11 is 0. The van der Waals surface area contributed by atoms with Gasteiger partial charge in [-0.25, -0.2) is 9.78 Å². The Labute approximate surface area is 146 Å². The van der Waals surface area contributed by atoms with Crippen molar-refractivity contribution < 1.29 is 24.1 Å². The Morgan fingerprint density at radius 2 is 2.24 bits per heavy atom. The van der Waals surface area contributed by atoms with Gasteiger partial charge >= 0.3 is 5.97 Å². The lowest BCUT2D eigenvalue weighted by molar-refractivity contribution is -0.0116. The van der Waals surface area contributed by atoms with Gasteiger partial charge in [-0.1, -0.05) is 0 Å². The van der Waals surface area contributed by atoms with E-state index in [4.69, 9.17) is 14.2 Å². The summed E-state index contributed by atoms with van der Waals surface area (Å²) in [6.07, 6.45) is 4.79. The van der Waals surface area contributed by atoms with Crippen molar-refractivity contribution in [3.05, 3.63) is 30.0 Å². The lowest BCUT2D eigenvalue weighted by Crippen LogP contribution is -2.26. The molecule has 1 fully saturated rings. The maximum Gasteiger partial charge on any atom is 0.339 e. The quantitative estimate of drug-likeness (QED) is 0.861. The molecule has 2 heterocycles. The van der Waals surface area contributed by atoms with Crippen molar-refractivity contribution in [2.75, 3.05) is 13.2 Å². The van der Waals surface area contributed by atoms with E-state index in [1.54, 1.807) is 24.4 Å². The molecule has 6 nitrogen and oxygen atoms in total. The van der Waals surface area contributed by atoms with Crippen LogP contribution in [0.1, 0.15) is 43.5 Å². The summed E-state index contributed by atoms with van der Waals surface area (Å²) < 4.78 is 17.2. The van der Waals surface area contributed by atoms with Crippen LogP contribution in [0.5, 0.6) is 11.6 Å². The van der Waals surface area contributed by atoms with Gasteiger partial charge in [0.25, 0.3) is 0 Å². The Hall–Kier alpha value is -2.34. The molecule has 1 aromatic heterocycles. The van der Waals surface area contributed by atoms with Crippen molar-refractivity contribution in [2.45, 2.75) is 45.3 Å². The van der Waals surface area contributed by atoms with E-state index in [-0.39, 0.29) is 17.8 Å². The number of hydrogen-bond donors (Lipinski definition) is 1. The van der Waals surface area contributed by atoms with E-state index in [9.17, 15) is 9.90 Å². The van der Waals surface area contributed by atoms with Crippen molar-refractivity contribution in [3.8, 4) is 11.6 Å². The summed E-state index contributed by atoms with van der Waals surface area (Å²) in [5, 5.41) is 10.9. The Balaban J connectivity index is 1.91. The Kier molecular flexibility index (Phi) is 5.38. The second kappa shape index (κ2) is 7.70. The molecular formula is C19H23NO5. The van der Waals surface area contributed by atoms with Gasteiger partial charge in [0, 0.05) is 18.2 Å². The third-order valence-electron chi connectivity index (χ3n) is 4.10. The van der Waals surface area contributed by atoms with Crippen molar-refractivity contribution in [3.63, 3.8) is 0 Å². The van der Waals surface area contributed by atoms with E-state index >= 15 is 0 Å². The van der Waals surface area contributed by atoms with Crippen molar-refractivity contribution >= 4 is 16.7 Å². The number of aromatic nitrogens is 1. The number of carbonyl (C=O) groups is 1. The molecule has 6 heteroatoms. The van der Waals surface area contributed by atoms with Crippen molar-refractivity contribution in [2.24, 2.45) is 0 Å². The number of pyridine rings is 1. The fourth-order valence-corrected chi connectivity index (χ4v) is 2.92. The molecule has 25 heavy (non-hydrogen) atoms. The van der Waals surface area contributed by atoms with E-state index in [1.165, 1.54) is 0 Å². The molecule has 0 amide bonds. The van der Waals surface area contributed by atoms with E-state index in [0.29, 0.717) is 18.2 Å². The number of carboxylic acids is 1. The van der Waals surface area contributed by atoms with Gasteiger partial charge in [0.15, 0.2) is 0 Å². The molecule has 134 valence electrons. The van der Waals surface area contributed by atoms with Crippen LogP contribution in [0, 0.1) is 0 Å². The van der Waals surface area contributed by atoms with E-state index in [1.807, 2.05) is 13.8 Å². The summed E-state index contributed by atoms with van der Waals surface area (Å²) in [6, 6.07) is 5.06. The zero-order chi connectivity index (χ0) is 17.8. The van der Waals surface area contributed by atoms with Crippen LogP contribution >= 0.6 is 0 Å². The molecule has 1 atom stereocenters. The minimum atomic E-state index is -1.02. The predicted octanol–water partition coefficient (Wildman–Crippen LogP) is 3.67. The third kappa shape index (κ3) is 4.20. The largest absolute Gasteiger partial charge is 0.490 e. The molecule has 3 rings (SSSR count). The molecule has 1 unspecified atom stereocenters. The zero-order valence-electron chi connectivity index (χ0n) is 14.5. The monoisotopic (exact) mass is 345 g/mol. The second-order valence-corrected chi connectivity index (χ2v) is 6.46. The number of hydrogen-bond acceptors (Lipinski definition) is 5. The van der Waals surface area contributed by atoms with Gasteiger partial charge in [0.2, 0.25) is 5.88 Å². The van der Waals surface area contributed by atoms with Crippen LogP contribution in [0.25, 0.3) is 10.8 Å². The first-order chi connectivity index (χ1) is 12.0. The second-order valence-electron chi connectivity index (χ2n) is 6.46. The Bertz CT molecular complexity index is 753. The number of carboxylic acid groups (broad SMARTS) is 1. The van der Waals surface area contributed by atoms with Crippen LogP contribution in [0.3, 0.4) is 0 Å². The molecule has 0 radical (unpaired) electrons. The summed E-state index contributed by atoms with van der Waals surface area (Å²) in [6.45, 7) is 4.92. The molecule has 1 N–H and O–H groups in total. The lowest BCUT2D eigenvalue weighted by atomic mass is 10.1. The molecule has 0 spiro atoms. The van der Waals surface area contributed by atoms with Crippen LogP contribution in [-0.2, 0) is 4.74 Å². The number of benzene rings is 1. The van der Waals surface area contributed by atoms with Gasteiger partial charge in [-0.05, 0) is 56.7 Å². The molecule has 0 bridgehead atoms. The molecule has 1 aliphatic rings. The van der Waals surface area contributed by atoms with Crippen LogP contribution < -0.4 is 9.47 Å². The third-order valence-corrected chi connectivity index (χ3v) is 4.10. The van der Waals surface area contributed by atoms with E-state index in [0.717, 1.165) is 36.6 Å². The van der Waals surface area contributed by atoms with Gasteiger partial charge in [-0.2, -0.15) is 0 Å². The first kappa shape index (κ1) is 17.5. The Morgan fingerprint density at radius 3 is 2.92 bits per heavy atom. The van der Waals surface area contributed by atoms with Crippen molar-refractivity contribution in [1.82, 2.24) is 4.98 Å². The van der Waals surface area contributed by atoms with Crippen LogP contribution in [-0.4, -0.2) is 41.5 Å². The van der Waals surface area contributed by atoms with Gasteiger partial charge in [-0.15, -0.1) is 0 Å². The number of fused-ring (bicyclic) bond motifs is 1. The number of ether oxygens (including phenoxy) is 3. The normalized spacial score (nSPS) is 17.6. The predicted molar refractivity (Wildman–Crippen MR) is 93.6 cm³/mol. The standard InChI is InChI=1S/C19H23NO5/c1-12(2)25-17-10-15-13(9-16(17)19(21)22)6-7-20-18(15)24-11-14-5-3-4-8-23-14/h6-7,9-10,12,14H,3-5,8,11H2,1-2H3,(H,21,22). The molecular weight excluding hydrogens is 322 g/mol. The van der Waals surface area contributed by atoms with Gasteiger partial charge in [-0.3, -0.25) is 0 Å². The SMILES string of the molecule is CC(C)Oc1cc2c(OCC3CCCCO3)nccc2cc1C(=O)O. The van der Waals surface area contributed by atoms with E-state index < -0.39 is 5.97 Å². The van der Waals surface area contributed by atoms with Crippen LogP contribution in [0.2, 0.25) is 0 Å². The van der Waals surface area contributed by atoms with Crippen LogP contribution in [0.15, 0.2) is 24.4 Å². The summed E-state index contributed by atoms with van der Waals surface area (Å²) in [5.41, 5.74) is 0.133. The average molecular weight is 345 g/mol. The summed E-state index contributed by atoms with van der Waals surface area (Å²) in [5.74, 6) is -0.230. The fourth-order valence-electron chi connectivity index (χ4n) is 2.92. The van der Waals surface area contributed by atoms with Gasteiger partial charge < -0.3 is 19.3 Å². The smallest absolute Gasteiger partial charge is 0.339 e. The summed E-state index contributed by atoms with van der Waals surface area (Å²) in [7, 11) is 0. The minimum Gasteiger partial charge on any atom is -0.490 e. The maximum absolute atomic E-state index is 11.5. The Morgan fingerprint density at radius 1 is 1.40 bits per heavy atom. The van der Waals surface area contributed by atoms with Crippen molar-refractivity contribution in [1.29, 1.82) is 0 Å². The lowest BCUT2D eigenvalue weighted by Gasteiger charge is -2.22. The average Bonchev–Trinajstić information content (AvgIpc) is 2.59. The first-order valence-electron chi connectivity index (χ1n) is 8.61. The minimum absolute atomic E-state index is 0.0792. The highest BCUT2D eigenvalue weighted by Crippen LogP contribution is 2.32. The molecule has 1 aromatic carbocycles. The molecule has 2 aromatic rings. The number of nitrogens with zero attached hydrogens (tertiary/aromatic N) is 1. The topological polar surface area (TPSA) is 77.9 Å². The molecule has 0 saturated carbocycles. The first-order valence-corrected chi connectivity index (χ1v) is 8.61. The zero-order valence-corrected chi connectivity index (χ0v) is 14.5. The highest BCUT2D eigenvalue weighted by molar-refractivity contribution is 5.99. The highest BCUT2D eigenvalue weighted by atomic mass is 16.5.